The molecule has 0 spiro atoms. The van der Waals surface area contributed by atoms with Crippen molar-refractivity contribution in [3.05, 3.63) is 30.3 Å². The Morgan fingerprint density at radius 1 is 1.33 bits per heavy atom. The summed E-state index contributed by atoms with van der Waals surface area (Å²) in [4.78, 5) is 0. The lowest BCUT2D eigenvalue weighted by Crippen LogP contribution is -2.30. The summed E-state index contributed by atoms with van der Waals surface area (Å²) in [5.74, 6) is 0.910. The summed E-state index contributed by atoms with van der Waals surface area (Å²) in [5, 5.41) is 12.0. The largest absolute Gasteiger partial charge is 0.494 e. The lowest BCUT2D eigenvalue weighted by atomic mass is 10.3. The Balaban J connectivity index is 2.03. The topological polar surface area (TPSA) is 41.5 Å². The van der Waals surface area contributed by atoms with Gasteiger partial charge in [-0.3, -0.25) is 0 Å². The van der Waals surface area contributed by atoms with Crippen LogP contribution in [0.15, 0.2) is 30.3 Å². The standard InChI is InChI=1S/C12H19NO2/c1-11(10-14)13-8-5-9-15-12-6-3-2-4-7-12/h2-4,6-7,11,13-14H,5,8-10H2,1H3. The number of rotatable bonds is 7. The van der Waals surface area contributed by atoms with Crippen LogP contribution in [0.25, 0.3) is 0 Å². The Hall–Kier alpha value is -1.06. The van der Waals surface area contributed by atoms with Gasteiger partial charge in [-0.1, -0.05) is 18.2 Å². The summed E-state index contributed by atoms with van der Waals surface area (Å²) < 4.78 is 5.52. The number of hydrogen-bond acceptors (Lipinski definition) is 3. The molecular formula is C12H19NO2. The average molecular weight is 209 g/mol. The van der Waals surface area contributed by atoms with Crippen molar-refractivity contribution in [3.63, 3.8) is 0 Å². The predicted octanol–water partition coefficient (Wildman–Crippen LogP) is 1.43. The zero-order chi connectivity index (χ0) is 10.9. The lowest BCUT2D eigenvalue weighted by molar-refractivity contribution is 0.245. The molecule has 1 rings (SSSR count). The van der Waals surface area contributed by atoms with Gasteiger partial charge in [-0.25, -0.2) is 0 Å². The highest BCUT2D eigenvalue weighted by atomic mass is 16.5. The van der Waals surface area contributed by atoms with Crippen LogP contribution in [-0.4, -0.2) is 30.9 Å². The molecule has 2 N–H and O–H groups in total. The maximum Gasteiger partial charge on any atom is 0.119 e. The van der Waals surface area contributed by atoms with Crippen LogP contribution in [0.3, 0.4) is 0 Å². The number of benzene rings is 1. The molecule has 0 aromatic heterocycles. The van der Waals surface area contributed by atoms with Crippen LogP contribution in [0.4, 0.5) is 0 Å². The van der Waals surface area contributed by atoms with E-state index in [4.69, 9.17) is 9.84 Å². The molecule has 1 atom stereocenters. The van der Waals surface area contributed by atoms with Crippen molar-refractivity contribution in [1.82, 2.24) is 5.32 Å². The van der Waals surface area contributed by atoms with Crippen LogP contribution in [-0.2, 0) is 0 Å². The van der Waals surface area contributed by atoms with E-state index >= 15 is 0 Å². The summed E-state index contributed by atoms with van der Waals surface area (Å²) in [7, 11) is 0. The Kier molecular flexibility index (Phi) is 5.81. The van der Waals surface area contributed by atoms with Gasteiger partial charge in [0, 0.05) is 6.04 Å². The zero-order valence-electron chi connectivity index (χ0n) is 9.15. The van der Waals surface area contributed by atoms with Gasteiger partial charge in [-0.2, -0.15) is 0 Å². The molecule has 84 valence electrons. The number of aliphatic hydroxyl groups excluding tert-OH is 1. The number of para-hydroxylation sites is 1. The zero-order valence-corrected chi connectivity index (χ0v) is 9.15. The molecule has 3 nitrogen and oxygen atoms in total. The molecule has 0 radical (unpaired) electrons. The number of ether oxygens (including phenoxy) is 1. The fraction of sp³-hybridized carbons (Fsp3) is 0.500. The highest BCUT2D eigenvalue weighted by Crippen LogP contribution is 2.07. The van der Waals surface area contributed by atoms with E-state index < -0.39 is 0 Å². The summed E-state index contributed by atoms with van der Waals surface area (Å²) in [6.45, 7) is 3.71. The second-order valence-electron chi connectivity index (χ2n) is 3.55. The van der Waals surface area contributed by atoms with Crippen molar-refractivity contribution in [1.29, 1.82) is 0 Å². The number of hydrogen-bond donors (Lipinski definition) is 2. The highest BCUT2D eigenvalue weighted by molar-refractivity contribution is 5.20. The molecule has 0 aliphatic heterocycles. The van der Waals surface area contributed by atoms with Gasteiger partial charge in [0.25, 0.3) is 0 Å². The van der Waals surface area contributed by atoms with E-state index in [0.29, 0.717) is 6.61 Å². The highest BCUT2D eigenvalue weighted by Gasteiger charge is 1.97. The fourth-order valence-electron chi connectivity index (χ4n) is 1.19. The first-order chi connectivity index (χ1) is 7.33. The van der Waals surface area contributed by atoms with Gasteiger partial charge < -0.3 is 15.2 Å². The van der Waals surface area contributed by atoms with Gasteiger partial charge in [-0.05, 0) is 32.0 Å². The molecule has 1 aromatic carbocycles. The monoisotopic (exact) mass is 209 g/mol. The van der Waals surface area contributed by atoms with E-state index in [-0.39, 0.29) is 12.6 Å². The van der Waals surface area contributed by atoms with Gasteiger partial charge in [0.15, 0.2) is 0 Å². The molecule has 0 saturated heterocycles. The quantitative estimate of drug-likeness (QED) is 0.667. The molecular weight excluding hydrogens is 190 g/mol. The summed E-state index contributed by atoms with van der Waals surface area (Å²) in [6, 6.07) is 9.95. The van der Waals surface area contributed by atoms with E-state index in [2.05, 4.69) is 5.32 Å². The minimum absolute atomic E-state index is 0.168. The van der Waals surface area contributed by atoms with Crippen LogP contribution >= 0.6 is 0 Å². The number of aliphatic hydroxyl groups is 1. The van der Waals surface area contributed by atoms with E-state index in [9.17, 15) is 0 Å². The van der Waals surface area contributed by atoms with Crippen molar-refractivity contribution in [2.45, 2.75) is 19.4 Å². The molecule has 0 bridgehead atoms. The van der Waals surface area contributed by atoms with E-state index in [1.165, 1.54) is 0 Å². The molecule has 0 aliphatic carbocycles. The third kappa shape index (κ3) is 5.40. The van der Waals surface area contributed by atoms with Crippen LogP contribution in [0, 0.1) is 0 Å². The predicted molar refractivity (Wildman–Crippen MR) is 61.1 cm³/mol. The Morgan fingerprint density at radius 3 is 2.73 bits per heavy atom. The minimum atomic E-state index is 0.168. The number of nitrogens with one attached hydrogen (secondary N) is 1. The van der Waals surface area contributed by atoms with E-state index in [1.54, 1.807) is 0 Å². The Labute approximate surface area is 91.1 Å². The maximum atomic E-state index is 8.78. The lowest BCUT2D eigenvalue weighted by Gasteiger charge is -2.10. The Morgan fingerprint density at radius 2 is 2.07 bits per heavy atom. The molecule has 0 fully saturated rings. The van der Waals surface area contributed by atoms with Crippen molar-refractivity contribution in [2.75, 3.05) is 19.8 Å². The van der Waals surface area contributed by atoms with Crippen LogP contribution < -0.4 is 10.1 Å². The molecule has 0 saturated carbocycles. The Bertz CT molecular complexity index is 251. The molecule has 1 unspecified atom stereocenters. The second-order valence-corrected chi connectivity index (χ2v) is 3.55. The molecule has 0 aliphatic rings. The average Bonchev–Trinajstić information content (AvgIpc) is 2.29. The van der Waals surface area contributed by atoms with Gasteiger partial charge in [-0.15, -0.1) is 0 Å². The first kappa shape index (κ1) is 12.0. The molecule has 15 heavy (non-hydrogen) atoms. The SMILES string of the molecule is CC(CO)NCCCOc1ccccc1. The van der Waals surface area contributed by atoms with Gasteiger partial charge in [0.2, 0.25) is 0 Å². The smallest absolute Gasteiger partial charge is 0.119 e. The van der Waals surface area contributed by atoms with Gasteiger partial charge in [0.1, 0.15) is 5.75 Å². The third-order valence-corrected chi connectivity index (χ3v) is 2.10. The van der Waals surface area contributed by atoms with Crippen LogP contribution in [0.2, 0.25) is 0 Å². The van der Waals surface area contributed by atoms with E-state index in [1.807, 2.05) is 37.3 Å². The fourth-order valence-corrected chi connectivity index (χ4v) is 1.19. The van der Waals surface area contributed by atoms with Crippen molar-refractivity contribution in [2.24, 2.45) is 0 Å². The minimum Gasteiger partial charge on any atom is -0.494 e. The third-order valence-electron chi connectivity index (χ3n) is 2.10. The molecule has 1 aromatic rings. The summed E-state index contributed by atoms with van der Waals surface area (Å²) in [5.41, 5.74) is 0. The normalized spacial score (nSPS) is 12.4. The van der Waals surface area contributed by atoms with E-state index in [0.717, 1.165) is 18.7 Å². The summed E-state index contributed by atoms with van der Waals surface area (Å²) in [6.07, 6.45) is 0.944. The first-order valence-electron chi connectivity index (χ1n) is 5.35. The summed E-state index contributed by atoms with van der Waals surface area (Å²) >= 11 is 0. The molecule has 0 heterocycles. The molecule has 3 heteroatoms. The van der Waals surface area contributed by atoms with Crippen molar-refractivity contribution >= 4 is 0 Å². The second kappa shape index (κ2) is 7.26. The van der Waals surface area contributed by atoms with Gasteiger partial charge >= 0.3 is 0 Å². The van der Waals surface area contributed by atoms with Crippen molar-refractivity contribution in [3.8, 4) is 5.75 Å². The molecule has 0 amide bonds. The van der Waals surface area contributed by atoms with Crippen LogP contribution in [0.5, 0.6) is 5.75 Å². The van der Waals surface area contributed by atoms with Crippen LogP contribution in [0.1, 0.15) is 13.3 Å². The maximum absolute atomic E-state index is 8.78. The van der Waals surface area contributed by atoms with Gasteiger partial charge in [0.05, 0.1) is 13.2 Å². The first-order valence-corrected chi connectivity index (χ1v) is 5.35. The van der Waals surface area contributed by atoms with Crippen molar-refractivity contribution < 1.29 is 9.84 Å².